The molecule has 9 heteroatoms. The van der Waals surface area contributed by atoms with E-state index in [2.05, 4.69) is 25.9 Å². The van der Waals surface area contributed by atoms with Crippen molar-refractivity contribution in [3.63, 3.8) is 0 Å². The summed E-state index contributed by atoms with van der Waals surface area (Å²) in [7, 11) is 1.35. The number of hydrogen-bond donors (Lipinski definition) is 3. The number of anilines is 3. The van der Waals surface area contributed by atoms with Crippen LogP contribution in [0.25, 0.3) is 33.6 Å². The van der Waals surface area contributed by atoms with Crippen molar-refractivity contribution < 1.29 is 18.7 Å². The van der Waals surface area contributed by atoms with Gasteiger partial charge in [-0.2, -0.15) is 0 Å². The predicted molar refractivity (Wildman–Crippen MR) is 171 cm³/mol. The van der Waals surface area contributed by atoms with Gasteiger partial charge in [-0.1, -0.05) is 91.0 Å². The number of ether oxygens (including phenoxy) is 1. The second-order valence-electron chi connectivity index (χ2n) is 10.0. The number of hydrogen-bond acceptors (Lipinski definition) is 7. The molecule has 1 unspecified atom stereocenters. The van der Waals surface area contributed by atoms with Crippen LogP contribution in [0.2, 0.25) is 0 Å². The Bertz CT molecular complexity index is 1880. The zero-order valence-corrected chi connectivity index (χ0v) is 23.9. The van der Waals surface area contributed by atoms with Crippen molar-refractivity contribution in [2.24, 2.45) is 0 Å². The molecule has 1 atom stereocenters. The molecular weight excluding hydrogens is 554 g/mol. The summed E-state index contributed by atoms with van der Waals surface area (Å²) in [6.45, 7) is 0. The number of aromatic nitrogens is 2. The molecule has 9 nitrogen and oxygen atoms in total. The summed E-state index contributed by atoms with van der Waals surface area (Å²) in [5.41, 5.74) is 5.20. The van der Waals surface area contributed by atoms with Gasteiger partial charge in [0, 0.05) is 28.9 Å². The van der Waals surface area contributed by atoms with Crippen molar-refractivity contribution in [3.05, 3.63) is 127 Å². The molecule has 218 valence electrons. The highest BCUT2D eigenvalue weighted by atomic mass is 16.5. The van der Waals surface area contributed by atoms with Gasteiger partial charge in [0.2, 0.25) is 5.71 Å². The van der Waals surface area contributed by atoms with Crippen molar-refractivity contribution in [2.75, 3.05) is 23.1 Å². The Balaban J connectivity index is 1.28. The van der Waals surface area contributed by atoms with Crippen LogP contribution in [0.3, 0.4) is 0 Å². The van der Waals surface area contributed by atoms with Crippen LogP contribution in [-0.4, -0.2) is 35.1 Å². The van der Waals surface area contributed by atoms with E-state index in [9.17, 15) is 9.59 Å². The fourth-order valence-electron chi connectivity index (χ4n) is 4.99. The van der Waals surface area contributed by atoms with E-state index in [1.54, 1.807) is 12.1 Å². The highest BCUT2D eigenvalue weighted by Crippen LogP contribution is 2.42. The number of rotatable bonds is 9. The van der Waals surface area contributed by atoms with E-state index < -0.39 is 12.0 Å². The largest absolute Gasteiger partial charge is 0.467 e. The molecule has 0 spiro atoms. The molecule has 0 aliphatic carbocycles. The molecule has 2 heterocycles. The molecule has 2 aromatic heterocycles. The molecule has 6 aromatic rings. The van der Waals surface area contributed by atoms with E-state index in [1.807, 2.05) is 103 Å². The minimum absolute atomic E-state index is 0.304. The van der Waals surface area contributed by atoms with Crippen LogP contribution in [-0.2, 0) is 16.0 Å². The summed E-state index contributed by atoms with van der Waals surface area (Å²) in [5, 5.41) is 9.57. The van der Waals surface area contributed by atoms with Crippen molar-refractivity contribution in [2.45, 2.75) is 12.5 Å². The minimum Gasteiger partial charge on any atom is -0.467 e. The molecule has 0 fully saturated rings. The number of para-hydroxylation sites is 1. The summed E-state index contributed by atoms with van der Waals surface area (Å²) in [6, 6.07) is 35.0. The first-order valence-corrected chi connectivity index (χ1v) is 14.0. The molecule has 0 aliphatic heterocycles. The molecule has 0 saturated carbocycles. The number of fused-ring (bicyclic) bond motifs is 1. The third kappa shape index (κ3) is 6.27. The van der Waals surface area contributed by atoms with Gasteiger partial charge in [-0.25, -0.2) is 19.6 Å². The van der Waals surface area contributed by atoms with Crippen LogP contribution in [0, 0.1) is 0 Å². The molecule has 44 heavy (non-hydrogen) atoms. The second kappa shape index (κ2) is 12.9. The van der Waals surface area contributed by atoms with Gasteiger partial charge >= 0.3 is 12.0 Å². The first-order chi connectivity index (χ1) is 21.6. The van der Waals surface area contributed by atoms with E-state index in [0.717, 1.165) is 22.3 Å². The number of nitrogens with zero attached hydrogens (tertiary/aromatic N) is 2. The summed E-state index contributed by atoms with van der Waals surface area (Å²) in [5.74, 6) is 0.657. The topological polar surface area (TPSA) is 118 Å². The van der Waals surface area contributed by atoms with E-state index in [1.165, 1.54) is 13.4 Å². The number of amides is 2. The third-order valence-electron chi connectivity index (χ3n) is 7.07. The van der Waals surface area contributed by atoms with Crippen LogP contribution in [0.15, 0.2) is 126 Å². The number of furan rings is 1. The van der Waals surface area contributed by atoms with E-state index in [4.69, 9.17) is 9.15 Å². The van der Waals surface area contributed by atoms with E-state index in [0.29, 0.717) is 40.5 Å². The Morgan fingerprint density at radius 1 is 0.750 bits per heavy atom. The highest BCUT2D eigenvalue weighted by Gasteiger charge is 2.26. The number of benzene rings is 4. The molecule has 4 aromatic carbocycles. The van der Waals surface area contributed by atoms with Crippen LogP contribution < -0.4 is 16.0 Å². The number of carbonyl (C=O) groups excluding carboxylic acids is 2. The van der Waals surface area contributed by atoms with Gasteiger partial charge in [0.05, 0.1) is 12.5 Å². The quantitative estimate of drug-likeness (QED) is 0.152. The van der Waals surface area contributed by atoms with E-state index >= 15 is 0 Å². The average Bonchev–Trinajstić information content (AvgIpc) is 3.47. The molecule has 6 rings (SSSR count). The Hall–Kier alpha value is -5.96. The molecule has 2 amide bonds. The summed E-state index contributed by atoms with van der Waals surface area (Å²) in [6.07, 6.45) is 1.71. The Morgan fingerprint density at radius 2 is 1.34 bits per heavy atom. The second-order valence-corrected chi connectivity index (χ2v) is 10.0. The molecule has 0 radical (unpaired) electrons. The fourth-order valence-corrected chi connectivity index (χ4v) is 4.99. The van der Waals surface area contributed by atoms with Gasteiger partial charge in [0.1, 0.15) is 23.9 Å². The lowest BCUT2D eigenvalue weighted by Gasteiger charge is -2.18. The molecule has 0 aliphatic rings. The average molecular weight is 584 g/mol. The predicted octanol–water partition coefficient (Wildman–Crippen LogP) is 7.40. The van der Waals surface area contributed by atoms with Crippen LogP contribution in [0.5, 0.6) is 0 Å². The lowest BCUT2D eigenvalue weighted by Crippen LogP contribution is -2.33. The molecule has 0 bridgehead atoms. The Labute approximate surface area is 253 Å². The monoisotopic (exact) mass is 583 g/mol. The lowest BCUT2D eigenvalue weighted by molar-refractivity contribution is -0.141. The highest BCUT2D eigenvalue weighted by molar-refractivity contribution is 6.06. The van der Waals surface area contributed by atoms with Crippen molar-refractivity contribution >= 4 is 40.3 Å². The van der Waals surface area contributed by atoms with E-state index in [-0.39, 0.29) is 6.03 Å². The number of esters is 1. The zero-order chi connectivity index (χ0) is 30.3. The van der Waals surface area contributed by atoms with Crippen molar-refractivity contribution in [3.8, 4) is 22.5 Å². The van der Waals surface area contributed by atoms with Gasteiger partial charge < -0.3 is 25.1 Å². The number of carbonyl (C=O) groups is 2. The smallest absolute Gasteiger partial charge is 0.328 e. The van der Waals surface area contributed by atoms with Crippen molar-refractivity contribution in [1.82, 2.24) is 9.97 Å². The van der Waals surface area contributed by atoms with Gasteiger partial charge in [-0.3, -0.25) is 0 Å². The van der Waals surface area contributed by atoms with Gasteiger partial charge in [0.25, 0.3) is 0 Å². The van der Waals surface area contributed by atoms with Gasteiger partial charge in [-0.15, -0.1) is 0 Å². The summed E-state index contributed by atoms with van der Waals surface area (Å²) in [4.78, 5) is 34.4. The maximum absolute atomic E-state index is 13.0. The Morgan fingerprint density at radius 3 is 1.98 bits per heavy atom. The summed E-state index contributed by atoms with van der Waals surface area (Å²) >= 11 is 0. The standard InChI is InChI=1S/C35H29N5O4/c1-43-34(41)28(21-23-17-19-27(20-18-23)39-35(42)38-26-15-9-4-10-16-26)40-32-30-29(24-11-5-2-6-12-24)31(25-13-7-3-8-14-25)44-33(30)37-22-36-32/h2-20,22,28H,21H2,1H3,(H,36,37,40)(H2,38,39,42). The molecular formula is C35H29N5O4. The Kier molecular flexibility index (Phi) is 8.27. The molecule has 0 saturated heterocycles. The maximum Gasteiger partial charge on any atom is 0.328 e. The van der Waals surface area contributed by atoms with Gasteiger partial charge in [0.15, 0.2) is 0 Å². The number of urea groups is 1. The lowest BCUT2D eigenvalue weighted by atomic mass is 9.99. The van der Waals surface area contributed by atoms with Crippen LogP contribution >= 0.6 is 0 Å². The number of nitrogens with one attached hydrogen (secondary N) is 3. The third-order valence-corrected chi connectivity index (χ3v) is 7.07. The SMILES string of the molecule is COC(=O)C(Cc1ccc(NC(=O)Nc2ccccc2)cc1)Nc1ncnc2oc(-c3ccccc3)c(-c3ccccc3)c12. The maximum atomic E-state index is 13.0. The number of methoxy groups -OCH3 is 1. The first-order valence-electron chi connectivity index (χ1n) is 14.0. The first kappa shape index (κ1) is 28.2. The zero-order valence-electron chi connectivity index (χ0n) is 23.9. The normalized spacial score (nSPS) is 11.5. The van der Waals surface area contributed by atoms with Crippen molar-refractivity contribution in [1.29, 1.82) is 0 Å². The van der Waals surface area contributed by atoms with Gasteiger partial charge in [-0.05, 0) is 35.4 Å². The molecule has 3 N–H and O–H groups in total. The van der Waals surface area contributed by atoms with Crippen LogP contribution in [0.1, 0.15) is 5.56 Å². The van der Waals surface area contributed by atoms with Crippen LogP contribution in [0.4, 0.5) is 22.0 Å². The fraction of sp³-hybridized carbons (Fsp3) is 0.0857. The summed E-state index contributed by atoms with van der Waals surface area (Å²) < 4.78 is 11.5. The minimum atomic E-state index is -0.767.